The molecule has 1 aromatic rings. The quantitative estimate of drug-likeness (QED) is 0.793. The van der Waals surface area contributed by atoms with Crippen LogP contribution in [-0.2, 0) is 25.8 Å². The molecule has 0 radical (unpaired) electrons. The van der Waals surface area contributed by atoms with E-state index in [9.17, 15) is 13.2 Å². The summed E-state index contributed by atoms with van der Waals surface area (Å²) < 4.78 is 22.6. The number of hydrogen-bond donors (Lipinski definition) is 0. The Morgan fingerprint density at radius 2 is 2.15 bits per heavy atom. The summed E-state index contributed by atoms with van der Waals surface area (Å²) in [5.41, 5.74) is 0.942. The monoisotopic (exact) mass is 336 g/mol. The predicted molar refractivity (Wildman–Crippen MR) is 79.4 cm³/mol. The number of hydrogen-bond acceptors (Lipinski definition) is 5. The third kappa shape index (κ3) is 3.51. The van der Waals surface area contributed by atoms with Gasteiger partial charge < -0.3 is 4.90 Å². The third-order valence-electron chi connectivity index (χ3n) is 3.22. The molecule has 20 heavy (non-hydrogen) atoms. The Kier molecular flexibility index (Phi) is 4.15. The van der Waals surface area contributed by atoms with Crippen molar-refractivity contribution < 1.29 is 13.2 Å². The Labute approximate surface area is 127 Å². The van der Waals surface area contributed by atoms with E-state index in [1.54, 1.807) is 0 Å². The minimum atomic E-state index is -3.69. The molecule has 1 aromatic heterocycles. The summed E-state index contributed by atoms with van der Waals surface area (Å²) in [6.45, 7) is 6.71. The molecule has 0 N–H and O–H groups in total. The fraction of sp³-hybridized carbons (Fsp3) is 0.667. The van der Waals surface area contributed by atoms with Crippen LogP contribution in [0.15, 0.2) is 5.38 Å². The highest BCUT2D eigenvalue weighted by molar-refractivity contribution is 8.14. The van der Waals surface area contributed by atoms with Crippen molar-refractivity contribution in [2.45, 2.75) is 44.4 Å². The van der Waals surface area contributed by atoms with Gasteiger partial charge in [0.2, 0.25) is 15.0 Å². The maximum absolute atomic E-state index is 11.8. The predicted octanol–water partition coefficient (Wildman–Crippen LogP) is 2.11. The van der Waals surface area contributed by atoms with Gasteiger partial charge >= 0.3 is 0 Å². The van der Waals surface area contributed by atoms with Gasteiger partial charge in [-0.15, -0.1) is 11.3 Å². The van der Waals surface area contributed by atoms with E-state index in [4.69, 9.17) is 10.7 Å². The van der Waals surface area contributed by atoms with Gasteiger partial charge in [0, 0.05) is 34.4 Å². The Morgan fingerprint density at radius 1 is 1.50 bits per heavy atom. The van der Waals surface area contributed by atoms with Crippen molar-refractivity contribution >= 4 is 37.0 Å². The lowest BCUT2D eigenvalue weighted by molar-refractivity contribution is -0.128. The molecule has 1 aliphatic heterocycles. The molecule has 2 heterocycles. The number of nitrogens with zero attached hydrogens (tertiary/aromatic N) is 2. The number of aromatic nitrogens is 1. The third-order valence-corrected chi connectivity index (χ3v) is 5.93. The maximum atomic E-state index is 11.8. The summed E-state index contributed by atoms with van der Waals surface area (Å²) in [6, 6.07) is 0. The summed E-state index contributed by atoms with van der Waals surface area (Å²) in [4.78, 5) is 17.8. The summed E-state index contributed by atoms with van der Waals surface area (Å²) in [5, 5.41) is 1.99. The van der Waals surface area contributed by atoms with Crippen LogP contribution in [0.4, 0.5) is 0 Å². The molecule has 2 rings (SSSR count). The molecule has 0 saturated carbocycles. The van der Waals surface area contributed by atoms with E-state index in [-0.39, 0.29) is 24.3 Å². The summed E-state index contributed by atoms with van der Waals surface area (Å²) in [6.07, 6.45) is -0.0384. The number of carbonyl (C=O) groups excluding carboxylic acids is 1. The van der Waals surface area contributed by atoms with E-state index < -0.39 is 14.3 Å². The summed E-state index contributed by atoms with van der Waals surface area (Å²) in [7, 11) is 1.63. The normalized spacial score (nSPS) is 20.7. The molecular formula is C12H17ClN2O3S2. The van der Waals surface area contributed by atoms with Crippen molar-refractivity contribution in [2.75, 3.05) is 6.54 Å². The minimum Gasteiger partial charge on any atom is -0.335 e. The lowest BCUT2D eigenvalue weighted by Crippen LogP contribution is -2.26. The lowest BCUT2D eigenvalue weighted by atomic mass is 9.93. The Morgan fingerprint density at radius 3 is 2.60 bits per heavy atom. The molecule has 0 spiro atoms. The molecule has 5 nitrogen and oxygen atoms in total. The van der Waals surface area contributed by atoms with E-state index in [1.807, 2.05) is 5.38 Å². The standard InChI is InChI=1S/C12H17ClN2O3S2/c1-12(2,3)9-7-19-10(14-9)6-15-5-8(4-11(15)16)20(13,17)18/h7-8H,4-6H2,1-3H3. The lowest BCUT2D eigenvalue weighted by Gasteiger charge is -2.16. The second kappa shape index (κ2) is 5.27. The van der Waals surface area contributed by atoms with Crippen LogP contribution in [0.25, 0.3) is 0 Å². The molecule has 1 amide bonds. The van der Waals surface area contributed by atoms with Gasteiger partial charge in [-0.2, -0.15) is 0 Å². The molecule has 1 aliphatic rings. The SMILES string of the molecule is CC(C)(C)c1csc(CN2CC(S(=O)(=O)Cl)CC2=O)n1. The summed E-state index contributed by atoms with van der Waals surface area (Å²) >= 11 is 1.49. The van der Waals surface area contributed by atoms with Crippen LogP contribution in [0.2, 0.25) is 0 Å². The van der Waals surface area contributed by atoms with Crippen molar-refractivity contribution in [3.8, 4) is 0 Å². The molecule has 0 aromatic carbocycles. The highest BCUT2D eigenvalue weighted by Crippen LogP contribution is 2.27. The fourth-order valence-corrected chi connectivity index (χ4v) is 4.06. The highest BCUT2D eigenvalue weighted by atomic mass is 35.7. The number of thiazole rings is 1. The molecule has 0 bridgehead atoms. The number of likely N-dealkylation sites (tertiary alicyclic amines) is 1. The van der Waals surface area contributed by atoms with Crippen LogP contribution in [0, 0.1) is 0 Å². The molecule has 1 atom stereocenters. The van der Waals surface area contributed by atoms with Crippen molar-refractivity contribution in [2.24, 2.45) is 0 Å². The molecule has 1 unspecified atom stereocenters. The van der Waals surface area contributed by atoms with Crippen molar-refractivity contribution in [3.05, 3.63) is 16.1 Å². The van der Waals surface area contributed by atoms with Gasteiger partial charge in [0.1, 0.15) is 10.3 Å². The van der Waals surface area contributed by atoms with Crippen LogP contribution >= 0.6 is 22.0 Å². The van der Waals surface area contributed by atoms with E-state index in [2.05, 4.69) is 25.8 Å². The second-order valence-corrected chi connectivity index (χ2v) is 9.80. The van der Waals surface area contributed by atoms with Crippen LogP contribution in [0.5, 0.6) is 0 Å². The maximum Gasteiger partial charge on any atom is 0.237 e. The topological polar surface area (TPSA) is 67.3 Å². The van der Waals surface area contributed by atoms with E-state index in [0.29, 0.717) is 6.54 Å². The highest BCUT2D eigenvalue weighted by Gasteiger charge is 2.37. The molecule has 0 aliphatic carbocycles. The Balaban J connectivity index is 2.08. The van der Waals surface area contributed by atoms with Gasteiger partial charge in [0.05, 0.1) is 12.2 Å². The number of amides is 1. The van der Waals surface area contributed by atoms with Crippen molar-refractivity contribution in [1.29, 1.82) is 0 Å². The van der Waals surface area contributed by atoms with Crippen LogP contribution in [0.1, 0.15) is 37.9 Å². The first-order valence-electron chi connectivity index (χ1n) is 6.23. The number of rotatable bonds is 3. The molecule has 112 valence electrons. The number of halogens is 1. The zero-order valence-corrected chi connectivity index (χ0v) is 14.0. The fourth-order valence-electron chi connectivity index (χ4n) is 1.97. The van der Waals surface area contributed by atoms with Gasteiger partial charge in [0.15, 0.2) is 0 Å². The first-order chi connectivity index (χ1) is 9.07. The van der Waals surface area contributed by atoms with Crippen LogP contribution in [-0.4, -0.2) is 36.0 Å². The second-order valence-electron chi connectivity index (χ2n) is 5.95. The average molecular weight is 337 g/mol. The zero-order chi connectivity index (χ0) is 15.1. The van der Waals surface area contributed by atoms with Crippen LogP contribution < -0.4 is 0 Å². The van der Waals surface area contributed by atoms with Crippen molar-refractivity contribution in [3.63, 3.8) is 0 Å². The zero-order valence-electron chi connectivity index (χ0n) is 11.6. The minimum absolute atomic E-state index is 0.0359. The first kappa shape index (κ1) is 15.7. The van der Waals surface area contributed by atoms with Gasteiger partial charge in [-0.05, 0) is 0 Å². The van der Waals surface area contributed by atoms with Gasteiger partial charge in [-0.3, -0.25) is 4.79 Å². The molecule has 1 fully saturated rings. The van der Waals surface area contributed by atoms with Crippen molar-refractivity contribution in [1.82, 2.24) is 9.88 Å². The van der Waals surface area contributed by atoms with E-state index in [1.165, 1.54) is 16.2 Å². The molecular weight excluding hydrogens is 320 g/mol. The van der Waals surface area contributed by atoms with Gasteiger partial charge in [-0.25, -0.2) is 13.4 Å². The molecule has 1 saturated heterocycles. The Bertz CT molecular complexity index is 619. The van der Waals surface area contributed by atoms with E-state index in [0.717, 1.165) is 10.7 Å². The van der Waals surface area contributed by atoms with Gasteiger partial charge in [0.25, 0.3) is 0 Å². The smallest absolute Gasteiger partial charge is 0.237 e. The number of carbonyl (C=O) groups is 1. The van der Waals surface area contributed by atoms with E-state index >= 15 is 0 Å². The van der Waals surface area contributed by atoms with Crippen LogP contribution in [0.3, 0.4) is 0 Å². The molecule has 8 heteroatoms. The van der Waals surface area contributed by atoms with Gasteiger partial charge in [-0.1, -0.05) is 20.8 Å². The summed E-state index contributed by atoms with van der Waals surface area (Å²) in [5.74, 6) is -0.188. The largest absolute Gasteiger partial charge is 0.335 e. The first-order valence-corrected chi connectivity index (χ1v) is 9.48. The average Bonchev–Trinajstić information content (AvgIpc) is 2.85. The Hall–Kier alpha value is -0.660.